The molecule has 1 N–H and O–H groups in total. The second-order valence-corrected chi connectivity index (χ2v) is 10.1. The van der Waals surface area contributed by atoms with Crippen LogP contribution in [0.25, 0.3) is 6.08 Å². The molecule has 0 radical (unpaired) electrons. The quantitative estimate of drug-likeness (QED) is 0.137. The molecule has 3 aromatic rings. The van der Waals surface area contributed by atoms with E-state index in [1.165, 1.54) is 11.1 Å². The van der Waals surface area contributed by atoms with E-state index in [-0.39, 0.29) is 18.3 Å². The van der Waals surface area contributed by atoms with Gasteiger partial charge in [-0.1, -0.05) is 47.2 Å². The number of benzene rings is 1. The zero-order valence-electron chi connectivity index (χ0n) is 23.1. The van der Waals surface area contributed by atoms with Gasteiger partial charge in [-0.25, -0.2) is 4.98 Å². The van der Waals surface area contributed by atoms with Crippen molar-refractivity contribution in [3.8, 4) is 0 Å². The van der Waals surface area contributed by atoms with Crippen molar-refractivity contribution >= 4 is 24.0 Å². The number of hydrogen-bond donors (Lipinski definition) is 1. The second-order valence-electron chi connectivity index (χ2n) is 10.1. The Morgan fingerprint density at radius 1 is 1.15 bits per heavy atom. The number of carbonyl (C=O) groups excluding carboxylic acids is 2. The highest BCUT2D eigenvalue weighted by molar-refractivity contribution is 5.85. The molecule has 2 heterocycles. The van der Waals surface area contributed by atoms with E-state index in [2.05, 4.69) is 4.98 Å². The topological polar surface area (TPSA) is 106 Å². The monoisotopic (exact) mass is 536 g/mol. The van der Waals surface area contributed by atoms with Crippen molar-refractivity contribution in [2.24, 2.45) is 0 Å². The third-order valence-corrected chi connectivity index (χ3v) is 5.73. The molecule has 0 aliphatic carbocycles. The van der Waals surface area contributed by atoms with Gasteiger partial charge in [0.25, 0.3) is 0 Å². The van der Waals surface area contributed by atoms with Gasteiger partial charge in [0.15, 0.2) is 5.89 Å². The Hall–Kier alpha value is -4.14. The minimum Gasteiger partial charge on any atom is -0.466 e. The first-order valence-electron chi connectivity index (χ1n) is 13.2. The number of pyridine rings is 1. The van der Waals surface area contributed by atoms with E-state index >= 15 is 0 Å². The van der Waals surface area contributed by atoms with Crippen LogP contribution in [-0.4, -0.2) is 41.0 Å². The Balaban J connectivity index is 1.59. The summed E-state index contributed by atoms with van der Waals surface area (Å²) in [4.78, 5) is 30.9. The third-order valence-electron chi connectivity index (χ3n) is 5.73. The highest BCUT2D eigenvalue weighted by atomic mass is 16.6. The number of allylic oxidation sites excluding steroid dienone is 1. The number of oxazole rings is 1. The molecular formula is C30H38N3O6+. The number of esters is 1. The fourth-order valence-corrected chi connectivity index (χ4v) is 3.99. The van der Waals surface area contributed by atoms with Crippen LogP contribution in [-0.2, 0) is 20.7 Å². The number of nitrogens with zero attached hydrogens (tertiary/aromatic N) is 3. The number of ether oxygens (including phenoxy) is 2. The van der Waals surface area contributed by atoms with Crippen molar-refractivity contribution in [1.29, 1.82) is 0 Å². The van der Waals surface area contributed by atoms with Crippen LogP contribution in [0.15, 0.2) is 71.5 Å². The summed E-state index contributed by atoms with van der Waals surface area (Å²) in [6.45, 7) is 7.88. The van der Waals surface area contributed by atoms with E-state index in [1.54, 1.807) is 52.2 Å². The molecule has 1 amide bonds. The first-order valence-corrected chi connectivity index (χ1v) is 13.2. The highest BCUT2D eigenvalue weighted by Gasteiger charge is 2.32. The first-order chi connectivity index (χ1) is 18.7. The third kappa shape index (κ3) is 9.59. The van der Waals surface area contributed by atoms with Gasteiger partial charge in [-0.2, -0.15) is 9.69 Å². The van der Waals surface area contributed by atoms with Crippen molar-refractivity contribution in [2.45, 2.75) is 64.9 Å². The molecule has 9 heteroatoms. The Morgan fingerprint density at radius 2 is 1.90 bits per heavy atom. The van der Waals surface area contributed by atoms with E-state index < -0.39 is 11.7 Å². The molecule has 0 bridgehead atoms. The number of hydrogen-bond acceptors (Lipinski definition) is 7. The number of rotatable bonds is 12. The number of unbranched alkanes of at least 4 members (excludes halogenated alkanes) is 1. The minimum absolute atomic E-state index is 0.105. The minimum atomic E-state index is -0.662. The van der Waals surface area contributed by atoms with Gasteiger partial charge in [0.05, 0.1) is 19.6 Å². The molecule has 0 saturated heterocycles. The van der Waals surface area contributed by atoms with E-state index in [4.69, 9.17) is 13.9 Å². The van der Waals surface area contributed by atoms with Crippen molar-refractivity contribution < 1.29 is 33.4 Å². The van der Waals surface area contributed by atoms with Gasteiger partial charge < -0.3 is 19.1 Å². The Morgan fingerprint density at radius 3 is 2.59 bits per heavy atom. The maximum atomic E-state index is 12.8. The summed E-state index contributed by atoms with van der Waals surface area (Å²) in [6.07, 6.45) is 8.35. The van der Waals surface area contributed by atoms with Crippen molar-refractivity contribution in [3.63, 3.8) is 0 Å². The lowest BCUT2D eigenvalue weighted by molar-refractivity contribution is -0.894. The van der Waals surface area contributed by atoms with E-state index in [0.29, 0.717) is 49.8 Å². The Bertz CT molecular complexity index is 1230. The predicted octanol–water partition coefficient (Wildman–Crippen LogP) is 5.71. The van der Waals surface area contributed by atoms with Crippen LogP contribution in [0.2, 0.25) is 0 Å². The number of aromatic nitrogens is 2. The van der Waals surface area contributed by atoms with Crippen molar-refractivity contribution in [3.05, 3.63) is 84.2 Å². The molecule has 39 heavy (non-hydrogen) atoms. The van der Waals surface area contributed by atoms with E-state index in [1.807, 2.05) is 42.5 Å². The van der Waals surface area contributed by atoms with Crippen LogP contribution in [0.1, 0.15) is 70.0 Å². The lowest BCUT2D eigenvalue weighted by Crippen LogP contribution is -2.45. The number of amides is 1. The molecule has 3 rings (SSSR count). The van der Waals surface area contributed by atoms with Gasteiger partial charge in [-0.3, -0.25) is 4.79 Å². The van der Waals surface area contributed by atoms with Crippen LogP contribution < -0.4 is 9.63 Å². The van der Waals surface area contributed by atoms with Crippen molar-refractivity contribution in [1.82, 2.24) is 4.98 Å². The molecule has 0 aliphatic rings. The lowest BCUT2D eigenvalue weighted by Gasteiger charge is -2.22. The molecule has 0 saturated carbocycles. The van der Waals surface area contributed by atoms with Crippen LogP contribution in [0.5, 0.6) is 0 Å². The summed E-state index contributed by atoms with van der Waals surface area (Å²) in [5.41, 5.74) is 1.04. The molecule has 208 valence electrons. The summed E-state index contributed by atoms with van der Waals surface area (Å²) in [6, 6.07) is 14.9. The lowest BCUT2D eigenvalue weighted by atomic mass is 9.92. The van der Waals surface area contributed by atoms with Crippen LogP contribution in [0.3, 0.4) is 0 Å². The van der Waals surface area contributed by atoms with Crippen LogP contribution in [0.4, 0.5) is 10.6 Å². The molecule has 1 aromatic carbocycles. The van der Waals surface area contributed by atoms with E-state index in [0.717, 1.165) is 10.3 Å². The van der Waals surface area contributed by atoms with Gasteiger partial charge in [0.1, 0.15) is 23.8 Å². The molecule has 0 aliphatic heterocycles. The molecule has 0 fully saturated rings. The highest BCUT2D eigenvalue weighted by Crippen LogP contribution is 2.25. The standard InChI is InChI=1S/C30H38N3O6/c1-5-37-28(34)21-24(23-14-8-6-9-15-23)20-26-31-25(22-38-26)16-10-7-12-18-32(29(35)39-30(2,3)4)27-17-11-13-19-33(27)36/h6,8-11,13-17,19,22,24,36H,5,7,12,18,20-21H2,1-4H3/q+1/b16-10+. The van der Waals surface area contributed by atoms with Gasteiger partial charge in [0, 0.05) is 18.4 Å². The van der Waals surface area contributed by atoms with Gasteiger partial charge in [-0.05, 0) is 58.2 Å². The summed E-state index contributed by atoms with van der Waals surface area (Å²) in [7, 11) is 0. The molecule has 1 atom stereocenters. The summed E-state index contributed by atoms with van der Waals surface area (Å²) in [5, 5.41) is 10.2. The largest absolute Gasteiger partial charge is 0.507 e. The SMILES string of the molecule is CCOC(=O)CC(Cc1nc(/C=C/CCCN(C(=O)OC(C)(C)C)c2cccc[n+]2O)co1)c1ccccc1. The summed E-state index contributed by atoms with van der Waals surface area (Å²) < 4.78 is 17.3. The van der Waals surface area contributed by atoms with Gasteiger partial charge in [-0.15, -0.1) is 0 Å². The van der Waals surface area contributed by atoms with Gasteiger partial charge >= 0.3 is 17.9 Å². The number of anilines is 1. The smallest absolute Gasteiger partial charge is 0.466 e. The van der Waals surface area contributed by atoms with E-state index in [9.17, 15) is 14.8 Å². The molecule has 2 aromatic heterocycles. The first kappa shape index (κ1) is 29.4. The zero-order chi connectivity index (χ0) is 28.3. The fraction of sp³-hybridized carbons (Fsp3) is 0.400. The maximum Gasteiger partial charge on any atom is 0.507 e. The van der Waals surface area contributed by atoms with Crippen molar-refractivity contribution in [2.75, 3.05) is 18.1 Å². The Kier molecular flexibility index (Phi) is 10.7. The van der Waals surface area contributed by atoms with Crippen LogP contribution in [0, 0.1) is 0 Å². The molecule has 1 unspecified atom stereocenters. The average Bonchev–Trinajstić information content (AvgIpc) is 3.33. The normalized spacial score (nSPS) is 12.3. The molecule has 9 nitrogen and oxygen atoms in total. The predicted molar refractivity (Wildman–Crippen MR) is 146 cm³/mol. The summed E-state index contributed by atoms with van der Waals surface area (Å²) in [5.74, 6) is 0.514. The Labute approximate surface area is 229 Å². The fourth-order valence-electron chi connectivity index (χ4n) is 3.99. The zero-order valence-corrected chi connectivity index (χ0v) is 23.1. The average molecular weight is 537 g/mol. The van der Waals surface area contributed by atoms with Gasteiger partial charge in [0.2, 0.25) is 0 Å². The maximum absolute atomic E-state index is 12.8. The summed E-state index contributed by atoms with van der Waals surface area (Å²) >= 11 is 0. The number of carbonyl (C=O) groups is 2. The van der Waals surface area contributed by atoms with Crippen LogP contribution >= 0.6 is 0 Å². The second kappa shape index (κ2) is 14.1. The molecule has 0 spiro atoms. The molecular weight excluding hydrogens is 498 g/mol.